The van der Waals surface area contributed by atoms with E-state index in [2.05, 4.69) is 18.7 Å². The molecular weight excluding hydrogens is 106 g/mol. The van der Waals surface area contributed by atoms with Crippen molar-refractivity contribution in [2.75, 3.05) is 0 Å². The van der Waals surface area contributed by atoms with E-state index in [0.29, 0.717) is 5.25 Å². The van der Waals surface area contributed by atoms with Crippen molar-refractivity contribution in [3.05, 3.63) is 12.2 Å². The largest absolute Gasteiger partial charge is 0.324 e. The highest BCUT2D eigenvalue weighted by atomic mass is 32.1. The monoisotopic (exact) mass is 115 g/mol. The lowest BCUT2D eigenvalue weighted by Gasteiger charge is -2.04. The minimum absolute atomic E-state index is 0.198. The molecule has 0 radical (unpaired) electrons. The van der Waals surface area contributed by atoms with Crippen molar-refractivity contribution in [1.82, 2.24) is 0 Å². The van der Waals surface area contributed by atoms with Crippen molar-refractivity contribution in [3.8, 4) is 0 Å². The molecule has 40 valence electrons. The summed E-state index contributed by atoms with van der Waals surface area (Å²) in [5, 5.41) is 0.375. The number of hydrogen-bond acceptors (Lipinski definition) is 2. The lowest BCUT2D eigenvalue weighted by Crippen LogP contribution is -2.24. The Balaban J connectivity index is 2.45. The first-order valence-corrected chi connectivity index (χ1v) is 2.92. The smallest absolute Gasteiger partial charge is 0.0345 e. The Morgan fingerprint density at radius 1 is 1.71 bits per heavy atom. The zero-order valence-corrected chi connectivity index (χ0v) is 4.94. The Kier molecular flexibility index (Phi) is 1.40. The first-order chi connectivity index (χ1) is 3.30. The summed E-state index contributed by atoms with van der Waals surface area (Å²) in [5.41, 5.74) is 5.52. The van der Waals surface area contributed by atoms with Crippen molar-refractivity contribution in [2.45, 2.75) is 17.7 Å². The van der Waals surface area contributed by atoms with Crippen molar-refractivity contribution < 1.29 is 0 Å². The molecule has 1 nitrogen and oxygen atoms in total. The molecule has 0 aliphatic heterocycles. The van der Waals surface area contributed by atoms with E-state index in [-0.39, 0.29) is 6.04 Å². The van der Waals surface area contributed by atoms with Crippen LogP contribution >= 0.6 is 12.6 Å². The quantitative estimate of drug-likeness (QED) is 0.350. The molecule has 0 amide bonds. The topological polar surface area (TPSA) is 26.0 Å². The Morgan fingerprint density at radius 2 is 2.43 bits per heavy atom. The molecule has 0 aromatic carbocycles. The third-order valence-electron chi connectivity index (χ3n) is 1.18. The van der Waals surface area contributed by atoms with Crippen LogP contribution in [0, 0.1) is 0 Å². The van der Waals surface area contributed by atoms with E-state index in [1.165, 1.54) is 0 Å². The average molecular weight is 115 g/mol. The summed E-state index contributed by atoms with van der Waals surface area (Å²) in [6, 6.07) is 0.198. The number of thiol groups is 1. The fourth-order valence-corrected chi connectivity index (χ4v) is 0.882. The summed E-state index contributed by atoms with van der Waals surface area (Å²) in [4.78, 5) is 0. The Morgan fingerprint density at radius 3 is 2.57 bits per heavy atom. The number of rotatable bonds is 0. The Labute approximate surface area is 49.0 Å². The lowest BCUT2D eigenvalue weighted by atomic mass is 10.3. The first-order valence-electron chi connectivity index (χ1n) is 2.41. The third-order valence-corrected chi connectivity index (χ3v) is 1.74. The van der Waals surface area contributed by atoms with Crippen LogP contribution in [0.3, 0.4) is 0 Å². The minimum Gasteiger partial charge on any atom is -0.324 e. The standard InChI is InChI=1S/C5H9NS/c6-4-2-1-3-5(4)7/h1-2,4-5,7H,3,6H2. The van der Waals surface area contributed by atoms with Crippen LogP contribution in [0.5, 0.6) is 0 Å². The van der Waals surface area contributed by atoms with Gasteiger partial charge in [-0.2, -0.15) is 12.6 Å². The van der Waals surface area contributed by atoms with E-state index in [1.807, 2.05) is 6.08 Å². The maximum Gasteiger partial charge on any atom is 0.0345 e. The molecule has 0 fully saturated rings. The second kappa shape index (κ2) is 1.88. The number of nitrogens with two attached hydrogens (primary N) is 1. The fourth-order valence-electron chi connectivity index (χ4n) is 0.661. The molecule has 0 heterocycles. The highest BCUT2D eigenvalue weighted by Gasteiger charge is 2.12. The Hall–Kier alpha value is 0.0500. The van der Waals surface area contributed by atoms with Crippen LogP contribution in [0.25, 0.3) is 0 Å². The van der Waals surface area contributed by atoms with E-state index in [9.17, 15) is 0 Å². The molecule has 1 aliphatic carbocycles. The summed E-state index contributed by atoms with van der Waals surface area (Å²) in [5.74, 6) is 0. The maximum absolute atomic E-state index is 5.52. The second-order valence-electron chi connectivity index (χ2n) is 1.81. The zero-order valence-electron chi connectivity index (χ0n) is 4.04. The summed E-state index contributed by atoms with van der Waals surface area (Å²) < 4.78 is 0. The predicted molar refractivity (Wildman–Crippen MR) is 34.5 cm³/mol. The van der Waals surface area contributed by atoms with Gasteiger partial charge >= 0.3 is 0 Å². The molecule has 2 N–H and O–H groups in total. The van der Waals surface area contributed by atoms with Gasteiger partial charge < -0.3 is 5.73 Å². The van der Waals surface area contributed by atoms with E-state index in [0.717, 1.165) is 6.42 Å². The molecule has 0 bridgehead atoms. The zero-order chi connectivity index (χ0) is 5.28. The highest BCUT2D eigenvalue weighted by molar-refractivity contribution is 7.81. The molecule has 1 aliphatic rings. The van der Waals surface area contributed by atoms with Crippen LogP contribution in [0.4, 0.5) is 0 Å². The van der Waals surface area contributed by atoms with Gasteiger partial charge in [0.2, 0.25) is 0 Å². The molecule has 1 rings (SSSR count). The molecule has 0 spiro atoms. The fraction of sp³-hybridized carbons (Fsp3) is 0.600. The molecule has 2 unspecified atom stereocenters. The number of hydrogen-bond donors (Lipinski definition) is 2. The van der Waals surface area contributed by atoms with E-state index in [4.69, 9.17) is 5.73 Å². The van der Waals surface area contributed by atoms with Gasteiger partial charge in [0.1, 0.15) is 0 Å². The average Bonchev–Trinajstić information content (AvgIpc) is 1.91. The van der Waals surface area contributed by atoms with Crippen LogP contribution in [0.1, 0.15) is 6.42 Å². The van der Waals surface area contributed by atoms with Gasteiger partial charge in [-0.25, -0.2) is 0 Å². The van der Waals surface area contributed by atoms with Crippen LogP contribution < -0.4 is 5.73 Å². The van der Waals surface area contributed by atoms with Crippen LogP contribution in [-0.4, -0.2) is 11.3 Å². The molecule has 0 aromatic heterocycles. The summed E-state index contributed by atoms with van der Waals surface area (Å²) in [6.07, 6.45) is 5.10. The van der Waals surface area contributed by atoms with Crippen molar-refractivity contribution >= 4 is 12.6 Å². The van der Waals surface area contributed by atoms with E-state index < -0.39 is 0 Å². The molecule has 0 aromatic rings. The maximum atomic E-state index is 5.52. The van der Waals surface area contributed by atoms with E-state index in [1.54, 1.807) is 0 Å². The second-order valence-corrected chi connectivity index (χ2v) is 2.47. The third kappa shape index (κ3) is 0.983. The van der Waals surface area contributed by atoms with Crippen molar-refractivity contribution in [3.63, 3.8) is 0 Å². The molecule has 0 saturated heterocycles. The van der Waals surface area contributed by atoms with Gasteiger partial charge in [-0.1, -0.05) is 12.2 Å². The van der Waals surface area contributed by atoms with Gasteiger partial charge in [0.05, 0.1) is 0 Å². The normalized spacial score (nSPS) is 39.7. The number of allylic oxidation sites excluding steroid dienone is 1. The van der Waals surface area contributed by atoms with Gasteiger partial charge in [0, 0.05) is 11.3 Å². The summed E-state index contributed by atoms with van der Waals surface area (Å²) >= 11 is 4.20. The van der Waals surface area contributed by atoms with Crippen LogP contribution in [-0.2, 0) is 0 Å². The van der Waals surface area contributed by atoms with Gasteiger partial charge in [-0.3, -0.25) is 0 Å². The van der Waals surface area contributed by atoms with Crippen LogP contribution in [0.15, 0.2) is 12.2 Å². The summed E-state index contributed by atoms with van der Waals surface area (Å²) in [6.45, 7) is 0. The van der Waals surface area contributed by atoms with Gasteiger partial charge in [0.15, 0.2) is 0 Å². The SMILES string of the molecule is NC1C=CCC1S. The molecule has 7 heavy (non-hydrogen) atoms. The van der Waals surface area contributed by atoms with Crippen molar-refractivity contribution in [2.24, 2.45) is 5.73 Å². The van der Waals surface area contributed by atoms with Gasteiger partial charge in [-0.05, 0) is 6.42 Å². The minimum atomic E-state index is 0.198. The molecular formula is C5H9NS. The first kappa shape index (κ1) is 5.19. The molecule has 0 saturated carbocycles. The van der Waals surface area contributed by atoms with Gasteiger partial charge in [-0.15, -0.1) is 0 Å². The van der Waals surface area contributed by atoms with Crippen molar-refractivity contribution in [1.29, 1.82) is 0 Å². The predicted octanol–water partition coefficient (Wildman–Crippen LogP) is 0.572. The van der Waals surface area contributed by atoms with Gasteiger partial charge in [0.25, 0.3) is 0 Å². The molecule has 2 heteroatoms. The van der Waals surface area contributed by atoms with Crippen LogP contribution in [0.2, 0.25) is 0 Å². The molecule has 2 atom stereocenters. The van der Waals surface area contributed by atoms with E-state index >= 15 is 0 Å². The highest BCUT2D eigenvalue weighted by Crippen LogP contribution is 2.13. The Bertz CT molecular complexity index is 90.1. The lowest BCUT2D eigenvalue weighted by molar-refractivity contribution is 0.805. The summed E-state index contributed by atoms with van der Waals surface area (Å²) in [7, 11) is 0.